The van der Waals surface area contributed by atoms with Gasteiger partial charge in [0.25, 0.3) is 5.91 Å². The second-order valence-electron chi connectivity index (χ2n) is 8.10. The minimum atomic E-state index is -0.0304. The summed E-state index contributed by atoms with van der Waals surface area (Å²) in [7, 11) is 2.16. The quantitative estimate of drug-likeness (QED) is 0.866. The van der Waals surface area contributed by atoms with Crippen molar-refractivity contribution in [3.8, 4) is 0 Å². The molecule has 6 heteroatoms. The number of H-pyrrole nitrogens is 1. The van der Waals surface area contributed by atoms with Gasteiger partial charge in [0.05, 0.1) is 25.3 Å². The zero-order valence-electron chi connectivity index (χ0n) is 16.8. The Hall–Kier alpha value is -1.89. The first-order chi connectivity index (χ1) is 13.0. The Kier molecular flexibility index (Phi) is 4.97. The highest BCUT2D eigenvalue weighted by atomic mass is 16.5. The van der Waals surface area contributed by atoms with E-state index in [0.29, 0.717) is 18.9 Å². The zero-order valence-corrected chi connectivity index (χ0v) is 16.8. The van der Waals surface area contributed by atoms with E-state index in [4.69, 9.17) is 4.74 Å². The van der Waals surface area contributed by atoms with Crippen LogP contribution in [-0.4, -0.2) is 79.2 Å². The number of aromatic nitrogens is 1. The summed E-state index contributed by atoms with van der Waals surface area (Å²) in [5, 5.41) is 4.41. The number of piperazine rings is 1. The van der Waals surface area contributed by atoms with Crippen LogP contribution < -0.4 is 5.32 Å². The third-order valence-corrected chi connectivity index (χ3v) is 6.22. The third kappa shape index (κ3) is 3.37. The maximum atomic E-state index is 13.1. The highest BCUT2D eigenvalue weighted by Crippen LogP contribution is 2.28. The lowest BCUT2D eigenvalue weighted by atomic mass is 10.0. The van der Waals surface area contributed by atoms with Gasteiger partial charge in [-0.3, -0.25) is 9.69 Å². The Morgan fingerprint density at radius 3 is 2.52 bits per heavy atom. The van der Waals surface area contributed by atoms with Crippen LogP contribution in [0.5, 0.6) is 0 Å². The Morgan fingerprint density at radius 2 is 1.81 bits per heavy atom. The predicted molar refractivity (Wildman–Crippen MR) is 107 cm³/mol. The van der Waals surface area contributed by atoms with Crippen molar-refractivity contribution in [2.45, 2.75) is 32.9 Å². The fourth-order valence-corrected chi connectivity index (χ4v) is 4.46. The van der Waals surface area contributed by atoms with Gasteiger partial charge in [-0.05, 0) is 44.5 Å². The van der Waals surface area contributed by atoms with Crippen molar-refractivity contribution in [1.82, 2.24) is 20.1 Å². The Labute approximate surface area is 160 Å². The monoisotopic (exact) mass is 370 g/mol. The van der Waals surface area contributed by atoms with Crippen LogP contribution in [0.25, 0.3) is 10.9 Å². The lowest BCUT2D eigenvalue weighted by Gasteiger charge is -2.38. The molecule has 0 unspecified atom stereocenters. The first kappa shape index (κ1) is 18.5. The molecule has 0 radical (unpaired) electrons. The van der Waals surface area contributed by atoms with Crippen molar-refractivity contribution < 1.29 is 9.53 Å². The van der Waals surface area contributed by atoms with Crippen LogP contribution in [-0.2, 0) is 4.74 Å². The van der Waals surface area contributed by atoms with E-state index in [0.717, 1.165) is 42.8 Å². The van der Waals surface area contributed by atoms with E-state index in [1.807, 2.05) is 6.92 Å². The van der Waals surface area contributed by atoms with Crippen LogP contribution in [0.2, 0.25) is 0 Å². The standard InChI is InChI=1S/C21H30N4O2/c1-13-5-6-14(2)19-18(13)15(3)20(23-19)21(26)22-16-11-27-12-17(16)25-9-7-24(4)8-10-25/h5-6,16-17,23H,7-12H2,1-4H3,(H,22,26)/t16-,17-/m0/s1. The number of amides is 1. The number of benzene rings is 1. The minimum Gasteiger partial charge on any atom is -0.378 e. The summed E-state index contributed by atoms with van der Waals surface area (Å²) in [5.74, 6) is -0.0304. The van der Waals surface area contributed by atoms with Crippen molar-refractivity contribution in [3.05, 3.63) is 34.5 Å². The highest BCUT2D eigenvalue weighted by Gasteiger charge is 2.35. The van der Waals surface area contributed by atoms with Crippen LogP contribution in [0.3, 0.4) is 0 Å². The van der Waals surface area contributed by atoms with Gasteiger partial charge >= 0.3 is 0 Å². The number of fused-ring (bicyclic) bond motifs is 1. The van der Waals surface area contributed by atoms with Crippen molar-refractivity contribution in [2.24, 2.45) is 0 Å². The summed E-state index contributed by atoms with van der Waals surface area (Å²) >= 11 is 0. The van der Waals surface area contributed by atoms with E-state index in [9.17, 15) is 4.79 Å². The van der Waals surface area contributed by atoms with E-state index in [2.05, 4.69) is 53.1 Å². The number of ether oxygens (including phenoxy) is 1. The molecule has 3 heterocycles. The normalized spacial score (nSPS) is 24.6. The lowest BCUT2D eigenvalue weighted by Crippen LogP contribution is -2.56. The summed E-state index contributed by atoms with van der Waals surface area (Å²) in [6, 6.07) is 4.52. The number of hydrogen-bond acceptors (Lipinski definition) is 4. The molecule has 0 bridgehead atoms. The van der Waals surface area contributed by atoms with Crippen LogP contribution in [0.1, 0.15) is 27.2 Å². The SMILES string of the molecule is Cc1ccc(C)c2c(C)c(C(=O)N[C@H]3COC[C@@H]3N3CCN(C)CC3)[nH]c12. The average molecular weight is 370 g/mol. The van der Waals surface area contributed by atoms with Crippen molar-refractivity contribution in [3.63, 3.8) is 0 Å². The topological polar surface area (TPSA) is 60.6 Å². The molecule has 0 saturated carbocycles. The second kappa shape index (κ2) is 7.26. The van der Waals surface area contributed by atoms with Gasteiger partial charge in [-0.15, -0.1) is 0 Å². The molecule has 1 amide bonds. The molecule has 2 N–H and O–H groups in total. The Bertz CT molecular complexity index is 851. The van der Waals surface area contributed by atoms with Gasteiger partial charge in [-0.1, -0.05) is 12.1 Å². The van der Waals surface area contributed by atoms with Gasteiger partial charge in [0.1, 0.15) is 5.69 Å². The Morgan fingerprint density at radius 1 is 1.11 bits per heavy atom. The zero-order chi connectivity index (χ0) is 19.1. The fourth-order valence-electron chi connectivity index (χ4n) is 4.46. The van der Waals surface area contributed by atoms with E-state index in [1.54, 1.807) is 0 Å². The number of likely N-dealkylation sites (N-methyl/N-ethyl adjacent to an activating group) is 1. The van der Waals surface area contributed by atoms with E-state index in [-0.39, 0.29) is 18.0 Å². The molecular formula is C21H30N4O2. The van der Waals surface area contributed by atoms with Crippen LogP contribution >= 0.6 is 0 Å². The van der Waals surface area contributed by atoms with Gasteiger partial charge in [0.15, 0.2) is 0 Å². The summed E-state index contributed by atoms with van der Waals surface area (Å²) in [5.41, 5.74) is 5.13. The second-order valence-corrected chi connectivity index (χ2v) is 8.10. The minimum absolute atomic E-state index is 0.0304. The smallest absolute Gasteiger partial charge is 0.268 e. The molecular weight excluding hydrogens is 340 g/mol. The third-order valence-electron chi connectivity index (χ3n) is 6.22. The molecule has 2 atom stereocenters. The van der Waals surface area contributed by atoms with Gasteiger partial charge in [-0.2, -0.15) is 0 Å². The van der Waals surface area contributed by atoms with Gasteiger partial charge in [0, 0.05) is 37.1 Å². The summed E-state index contributed by atoms with van der Waals surface area (Å²) < 4.78 is 5.73. The number of aryl methyl sites for hydroxylation is 3. The van der Waals surface area contributed by atoms with E-state index >= 15 is 0 Å². The van der Waals surface area contributed by atoms with Gasteiger partial charge in [-0.25, -0.2) is 0 Å². The number of carbonyl (C=O) groups is 1. The Balaban J connectivity index is 1.53. The van der Waals surface area contributed by atoms with Gasteiger partial charge < -0.3 is 19.9 Å². The summed E-state index contributed by atoms with van der Waals surface area (Å²) in [6.45, 7) is 11.7. The maximum Gasteiger partial charge on any atom is 0.268 e. The fraction of sp³-hybridized carbons (Fsp3) is 0.571. The molecule has 2 aliphatic rings. The van der Waals surface area contributed by atoms with Crippen LogP contribution in [0.4, 0.5) is 0 Å². The van der Waals surface area contributed by atoms with Gasteiger partial charge in [0.2, 0.25) is 0 Å². The molecule has 6 nitrogen and oxygen atoms in total. The molecule has 146 valence electrons. The molecule has 2 fully saturated rings. The molecule has 2 aliphatic heterocycles. The van der Waals surface area contributed by atoms with E-state index in [1.165, 1.54) is 10.9 Å². The molecule has 0 aliphatic carbocycles. The summed E-state index contributed by atoms with van der Waals surface area (Å²) in [6.07, 6.45) is 0. The average Bonchev–Trinajstić information content (AvgIpc) is 3.24. The molecule has 1 aromatic carbocycles. The number of rotatable bonds is 3. The van der Waals surface area contributed by atoms with Crippen molar-refractivity contribution in [1.29, 1.82) is 0 Å². The number of nitrogens with zero attached hydrogens (tertiary/aromatic N) is 2. The van der Waals surface area contributed by atoms with Crippen molar-refractivity contribution >= 4 is 16.8 Å². The number of carbonyl (C=O) groups excluding carboxylic acids is 1. The first-order valence-electron chi connectivity index (χ1n) is 9.85. The largest absolute Gasteiger partial charge is 0.378 e. The molecule has 1 aromatic heterocycles. The highest BCUT2D eigenvalue weighted by molar-refractivity contribution is 6.02. The molecule has 0 spiro atoms. The number of nitrogens with one attached hydrogen (secondary N) is 2. The maximum absolute atomic E-state index is 13.1. The molecule has 27 heavy (non-hydrogen) atoms. The lowest BCUT2D eigenvalue weighted by molar-refractivity contribution is 0.0826. The summed E-state index contributed by atoms with van der Waals surface area (Å²) in [4.78, 5) is 21.3. The molecule has 2 saturated heterocycles. The van der Waals surface area contributed by atoms with Crippen molar-refractivity contribution in [2.75, 3.05) is 46.4 Å². The molecule has 4 rings (SSSR count). The van der Waals surface area contributed by atoms with E-state index < -0.39 is 0 Å². The molecule has 2 aromatic rings. The number of hydrogen-bond donors (Lipinski definition) is 2. The number of aromatic amines is 1. The first-order valence-corrected chi connectivity index (χ1v) is 9.85. The van der Waals surface area contributed by atoms with Crippen LogP contribution in [0.15, 0.2) is 12.1 Å². The van der Waals surface area contributed by atoms with Crippen LogP contribution in [0, 0.1) is 20.8 Å². The predicted octanol–water partition coefficient (Wildman–Crippen LogP) is 1.84.